The Labute approximate surface area is 170 Å². The highest BCUT2D eigenvalue weighted by Gasteiger charge is 2.19. The van der Waals surface area contributed by atoms with Crippen LogP contribution >= 0.6 is 0 Å². The van der Waals surface area contributed by atoms with Crippen molar-refractivity contribution < 1.29 is 13.2 Å². The van der Waals surface area contributed by atoms with Crippen LogP contribution in [0.3, 0.4) is 0 Å². The molecular formula is C21H18F2N6O. The first-order chi connectivity index (χ1) is 14.7. The summed E-state index contributed by atoms with van der Waals surface area (Å²) in [6.45, 7) is 2.56. The zero-order valence-electron chi connectivity index (χ0n) is 15.9. The molecule has 0 unspecified atom stereocenters. The normalized spacial score (nSPS) is 14.2. The van der Waals surface area contributed by atoms with Crippen LogP contribution in [0.2, 0.25) is 0 Å². The van der Waals surface area contributed by atoms with Gasteiger partial charge in [0, 0.05) is 30.1 Å². The van der Waals surface area contributed by atoms with Crippen LogP contribution in [-0.4, -0.2) is 38.3 Å². The van der Waals surface area contributed by atoms with E-state index in [0.717, 1.165) is 29.9 Å². The summed E-state index contributed by atoms with van der Waals surface area (Å²) in [6.07, 6.45) is -0.864. The van der Waals surface area contributed by atoms with Crippen LogP contribution in [0.25, 0.3) is 22.7 Å². The topological polar surface area (TPSA) is 81.7 Å². The van der Waals surface area contributed by atoms with Crippen LogP contribution in [-0.2, 0) is 6.54 Å². The predicted octanol–water partition coefficient (Wildman–Crippen LogP) is 3.67. The summed E-state index contributed by atoms with van der Waals surface area (Å²) >= 11 is 0. The van der Waals surface area contributed by atoms with Crippen molar-refractivity contribution in [2.75, 3.05) is 13.1 Å². The Bertz CT molecular complexity index is 1150. The Kier molecular flexibility index (Phi) is 4.80. The minimum atomic E-state index is -2.78. The summed E-state index contributed by atoms with van der Waals surface area (Å²) in [6, 6.07) is 15.7. The first-order valence-electron chi connectivity index (χ1n) is 9.58. The van der Waals surface area contributed by atoms with Crippen LogP contribution in [0.4, 0.5) is 8.78 Å². The lowest BCUT2D eigenvalue weighted by Crippen LogP contribution is -2.39. The highest BCUT2D eigenvalue weighted by molar-refractivity contribution is 5.59. The molecule has 7 nitrogen and oxygen atoms in total. The van der Waals surface area contributed by atoms with Gasteiger partial charge < -0.3 is 9.73 Å². The lowest BCUT2D eigenvalue weighted by molar-refractivity contribution is 0.116. The Morgan fingerprint density at radius 3 is 2.57 bits per heavy atom. The summed E-state index contributed by atoms with van der Waals surface area (Å²) in [5.74, 6) is -0.0440. The molecule has 2 aromatic heterocycles. The van der Waals surface area contributed by atoms with Gasteiger partial charge in [-0.25, -0.2) is 4.68 Å². The van der Waals surface area contributed by atoms with E-state index in [1.807, 2.05) is 24.4 Å². The predicted molar refractivity (Wildman–Crippen MR) is 105 cm³/mol. The molecule has 0 aliphatic carbocycles. The first-order valence-corrected chi connectivity index (χ1v) is 9.58. The van der Waals surface area contributed by atoms with Crippen molar-refractivity contribution in [1.29, 1.82) is 0 Å². The van der Waals surface area contributed by atoms with Crippen LogP contribution in [0, 0.1) is 0 Å². The van der Waals surface area contributed by atoms with E-state index in [0.29, 0.717) is 18.0 Å². The van der Waals surface area contributed by atoms with Gasteiger partial charge in [0.05, 0.1) is 12.7 Å². The second kappa shape index (κ2) is 7.75. The van der Waals surface area contributed by atoms with Gasteiger partial charge >= 0.3 is 6.43 Å². The fraction of sp³-hybridized carbons (Fsp3) is 0.238. The van der Waals surface area contributed by atoms with Crippen LogP contribution in [0.1, 0.15) is 29.4 Å². The van der Waals surface area contributed by atoms with Crippen LogP contribution in [0.5, 0.6) is 0 Å². The third-order valence-corrected chi connectivity index (χ3v) is 5.15. The molecule has 0 atom stereocenters. The van der Waals surface area contributed by atoms with E-state index in [-0.39, 0.29) is 5.89 Å². The summed E-state index contributed by atoms with van der Waals surface area (Å²) < 4.78 is 31.9. The van der Waals surface area contributed by atoms with Gasteiger partial charge in [-0.1, -0.05) is 35.5 Å². The lowest BCUT2D eigenvalue weighted by atomic mass is 9.92. The van der Waals surface area contributed by atoms with Crippen molar-refractivity contribution in [1.82, 2.24) is 30.5 Å². The number of aromatic nitrogens is 5. The molecule has 30 heavy (non-hydrogen) atoms. The van der Waals surface area contributed by atoms with E-state index in [1.54, 1.807) is 16.8 Å². The fourth-order valence-corrected chi connectivity index (χ4v) is 3.36. The maximum atomic E-state index is 12.6. The third-order valence-electron chi connectivity index (χ3n) is 5.15. The van der Waals surface area contributed by atoms with E-state index in [1.165, 1.54) is 5.56 Å². The minimum absolute atomic E-state index is 0.0708. The van der Waals surface area contributed by atoms with E-state index in [4.69, 9.17) is 4.42 Å². The third kappa shape index (κ3) is 3.71. The van der Waals surface area contributed by atoms with Gasteiger partial charge in [0.15, 0.2) is 0 Å². The Morgan fingerprint density at radius 2 is 1.87 bits per heavy atom. The molecule has 0 radical (unpaired) electrons. The van der Waals surface area contributed by atoms with Crippen molar-refractivity contribution in [2.45, 2.75) is 18.9 Å². The van der Waals surface area contributed by atoms with Gasteiger partial charge in [-0.05, 0) is 29.3 Å². The highest BCUT2D eigenvalue weighted by Crippen LogP contribution is 2.26. The number of benzene rings is 2. The lowest BCUT2D eigenvalue weighted by Gasteiger charge is -2.27. The van der Waals surface area contributed by atoms with Crippen molar-refractivity contribution in [3.8, 4) is 22.7 Å². The molecule has 0 bridgehead atoms. The fourth-order valence-electron chi connectivity index (χ4n) is 3.36. The molecule has 1 aliphatic rings. The summed E-state index contributed by atoms with van der Waals surface area (Å²) in [7, 11) is 0. The van der Waals surface area contributed by atoms with Gasteiger partial charge in [-0.2, -0.15) is 8.78 Å². The second-order valence-corrected chi connectivity index (χ2v) is 7.23. The average molecular weight is 408 g/mol. The molecule has 1 fully saturated rings. The molecule has 0 spiro atoms. The smallest absolute Gasteiger partial charge is 0.314 e. The van der Waals surface area contributed by atoms with Crippen molar-refractivity contribution in [2.24, 2.45) is 0 Å². The zero-order chi connectivity index (χ0) is 20.5. The molecule has 1 saturated heterocycles. The van der Waals surface area contributed by atoms with Gasteiger partial charge in [0.1, 0.15) is 5.69 Å². The van der Waals surface area contributed by atoms with E-state index in [2.05, 4.69) is 44.0 Å². The largest absolute Gasteiger partial charge is 0.415 e. The molecule has 3 heterocycles. The number of alkyl halides is 2. The zero-order valence-corrected chi connectivity index (χ0v) is 15.9. The number of nitrogens with one attached hydrogen (secondary N) is 1. The molecule has 1 N–H and O–H groups in total. The van der Waals surface area contributed by atoms with Gasteiger partial charge in [0.2, 0.25) is 5.89 Å². The maximum Gasteiger partial charge on any atom is 0.314 e. The van der Waals surface area contributed by atoms with Gasteiger partial charge in [-0.15, -0.1) is 15.3 Å². The first kappa shape index (κ1) is 18.6. The maximum absolute atomic E-state index is 12.6. The number of hydrogen-bond acceptors (Lipinski definition) is 6. The molecule has 152 valence electrons. The summed E-state index contributed by atoms with van der Waals surface area (Å²) in [5.41, 5.74) is 4.75. The summed E-state index contributed by atoms with van der Waals surface area (Å²) in [5, 5.41) is 18.8. The SMILES string of the molecule is FC(F)c1nnc(-c2ccc(Cn3cc(-c4cccc(C5CNC5)c4)nn3)cc2)o1. The minimum Gasteiger partial charge on any atom is -0.415 e. The van der Waals surface area contributed by atoms with E-state index in [9.17, 15) is 8.78 Å². The molecule has 2 aromatic carbocycles. The van der Waals surface area contributed by atoms with Crippen LogP contribution < -0.4 is 5.32 Å². The molecule has 0 saturated carbocycles. The van der Waals surface area contributed by atoms with Gasteiger partial charge in [-0.3, -0.25) is 0 Å². The molecule has 4 aromatic rings. The standard InChI is InChI=1S/C21H18F2N6O/c22-19(23)21-27-26-20(30-21)14-6-4-13(5-7-14)11-29-12-18(25-28-29)16-3-1-2-15(8-16)17-9-24-10-17/h1-8,12,17,19,24H,9-11H2. The molecule has 1 aliphatic heterocycles. The molecule has 5 rings (SSSR count). The van der Waals surface area contributed by atoms with E-state index >= 15 is 0 Å². The highest BCUT2D eigenvalue weighted by atomic mass is 19.3. The average Bonchev–Trinajstić information content (AvgIpc) is 3.38. The Morgan fingerprint density at radius 1 is 1.03 bits per heavy atom. The number of hydrogen-bond donors (Lipinski definition) is 1. The van der Waals surface area contributed by atoms with Crippen LogP contribution in [0.15, 0.2) is 59.1 Å². The Hall–Kier alpha value is -3.46. The van der Waals surface area contributed by atoms with Crippen molar-refractivity contribution in [3.05, 3.63) is 71.7 Å². The summed E-state index contributed by atoms with van der Waals surface area (Å²) in [4.78, 5) is 0. The van der Waals surface area contributed by atoms with Crippen molar-refractivity contribution >= 4 is 0 Å². The number of rotatable bonds is 6. The number of halogens is 2. The Balaban J connectivity index is 1.29. The quantitative estimate of drug-likeness (QED) is 0.524. The second-order valence-electron chi connectivity index (χ2n) is 7.23. The molecule has 9 heteroatoms. The molecular weight excluding hydrogens is 390 g/mol. The van der Waals surface area contributed by atoms with E-state index < -0.39 is 12.3 Å². The molecule has 0 amide bonds. The van der Waals surface area contributed by atoms with Crippen molar-refractivity contribution in [3.63, 3.8) is 0 Å². The number of nitrogens with zero attached hydrogens (tertiary/aromatic N) is 5. The monoisotopic (exact) mass is 408 g/mol. The van der Waals surface area contributed by atoms with Gasteiger partial charge in [0.25, 0.3) is 5.89 Å².